The van der Waals surface area contributed by atoms with Crippen molar-refractivity contribution in [3.63, 3.8) is 0 Å². The second-order valence-corrected chi connectivity index (χ2v) is 15.0. The van der Waals surface area contributed by atoms with Crippen molar-refractivity contribution in [3.05, 3.63) is 97.1 Å². The maximum atomic E-state index is 10.7. The number of fused-ring (bicyclic) bond motifs is 20. The number of nitrogens with zero attached hydrogens (tertiary/aromatic N) is 9. The SMILES string of the molecule is CS(=O)(=O)NCCCN1CCOCC1.[Cu+2].c1ccc2c(c1)-c1nc-2nc2[n-]c(nc3nc(nc4[n-]c(n1)c1ccccc41)-c1ccccc1-3)c1ccccc21. The minimum atomic E-state index is -3.02. The van der Waals surface area contributed by atoms with E-state index in [1.54, 1.807) is 0 Å². The van der Waals surface area contributed by atoms with Gasteiger partial charge >= 0.3 is 17.1 Å². The number of aromatic nitrogens is 8. The van der Waals surface area contributed by atoms with Crippen LogP contribution < -0.4 is 14.7 Å². The first-order valence-corrected chi connectivity index (χ1v) is 19.6. The number of hydrogen-bond acceptors (Lipinski definition) is 10. The Hall–Kier alpha value is -5.41. The third-order valence-corrected chi connectivity index (χ3v) is 10.2. The fraction of sp³-hybridized carbons (Fsp3) is 0.200. The molecule has 0 spiro atoms. The average molecular weight is 798 g/mol. The number of sulfonamides is 1. The largest absolute Gasteiger partial charge is 2.00 e. The van der Waals surface area contributed by atoms with E-state index in [1.165, 1.54) is 6.26 Å². The van der Waals surface area contributed by atoms with Gasteiger partial charge in [-0.25, -0.2) is 23.1 Å². The van der Waals surface area contributed by atoms with Crippen LogP contribution in [0, 0.1) is 0 Å². The molecule has 13 nitrogen and oxygen atoms in total. The molecule has 6 heterocycles. The van der Waals surface area contributed by atoms with Gasteiger partial charge < -0.3 is 34.6 Å². The zero-order chi connectivity index (χ0) is 36.6. The van der Waals surface area contributed by atoms with Crippen molar-refractivity contribution in [1.82, 2.24) is 49.5 Å². The summed E-state index contributed by atoms with van der Waals surface area (Å²) in [5.41, 5.74) is 5.78. The van der Waals surface area contributed by atoms with Gasteiger partial charge in [0.2, 0.25) is 10.0 Å². The van der Waals surface area contributed by atoms with Gasteiger partial charge in [-0.05, 0) is 34.5 Å². The molecular weight excluding hydrogens is 764 g/mol. The van der Waals surface area contributed by atoms with E-state index in [4.69, 9.17) is 44.6 Å². The van der Waals surface area contributed by atoms with Crippen LogP contribution in [0.1, 0.15) is 6.42 Å². The van der Waals surface area contributed by atoms with Crippen LogP contribution in [-0.2, 0) is 31.8 Å². The number of benzene rings is 4. The molecule has 0 amide bonds. The quantitative estimate of drug-likeness (QED) is 0.175. The first-order chi connectivity index (χ1) is 26.4. The molecule has 3 aliphatic heterocycles. The molecule has 279 valence electrons. The maximum Gasteiger partial charge on any atom is 2.00 e. The van der Waals surface area contributed by atoms with E-state index in [0.29, 0.717) is 52.4 Å². The van der Waals surface area contributed by atoms with Gasteiger partial charge in [0.15, 0.2) is 0 Å². The summed E-state index contributed by atoms with van der Waals surface area (Å²) in [5, 5.41) is 3.57. The van der Waals surface area contributed by atoms with E-state index in [0.717, 1.165) is 83.1 Å². The normalized spacial score (nSPS) is 13.8. The van der Waals surface area contributed by atoms with E-state index in [-0.39, 0.29) is 17.1 Å². The van der Waals surface area contributed by atoms with Crippen molar-refractivity contribution < 1.29 is 30.2 Å². The van der Waals surface area contributed by atoms with Gasteiger partial charge in [0, 0.05) is 64.5 Å². The predicted molar refractivity (Wildman–Crippen MR) is 209 cm³/mol. The molecule has 0 unspecified atom stereocenters. The number of nitrogens with one attached hydrogen (secondary N) is 1. The molecule has 10 rings (SSSR count). The molecule has 4 aromatic carbocycles. The molecule has 8 bridgehead atoms. The van der Waals surface area contributed by atoms with Crippen molar-refractivity contribution in [3.8, 4) is 45.6 Å². The van der Waals surface area contributed by atoms with Crippen LogP contribution in [0.3, 0.4) is 0 Å². The molecule has 55 heavy (non-hydrogen) atoms. The Balaban J connectivity index is 0.000000244. The molecule has 1 saturated heterocycles. The Morgan fingerprint density at radius 3 is 1.27 bits per heavy atom. The summed E-state index contributed by atoms with van der Waals surface area (Å²) in [6, 6.07) is 31.8. The van der Waals surface area contributed by atoms with Gasteiger partial charge in [0.1, 0.15) is 0 Å². The topological polar surface area (TPSA) is 164 Å². The van der Waals surface area contributed by atoms with Gasteiger partial charge in [-0.3, -0.25) is 4.90 Å². The standard InChI is InChI=1S/C32H16N8.C8H18N2O3S.Cu/c1-2-10-18-17(9-1)25-33-26(18)38-28-21-13-5-6-14-22(21)30(35-28)40-32-24-16-8-7-15-23(24)31(36-32)39-29-20-12-4-3-11-19(20)27(34-29)37-25;1-14(11,12)9-3-2-4-10-5-7-13-8-6-10;/h1-16H;9H,2-8H2,1H3;/q-2;;+2. The van der Waals surface area contributed by atoms with E-state index >= 15 is 0 Å². The molecule has 15 heteroatoms. The zero-order valence-corrected chi connectivity index (χ0v) is 31.4. The summed E-state index contributed by atoms with van der Waals surface area (Å²) < 4.78 is 29.2. The van der Waals surface area contributed by atoms with Crippen molar-refractivity contribution in [2.75, 3.05) is 45.6 Å². The van der Waals surface area contributed by atoms with Crippen LogP contribution in [0.2, 0.25) is 0 Å². The van der Waals surface area contributed by atoms with Gasteiger partial charge in [0.25, 0.3) is 0 Å². The zero-order valence-electron chi connectivity index (χ0n) is 29.6. The van der Waals surface area contributed by atoms with Crippen LogP contribution in [-0.4, -0.2) is 88.9 Å². The van der Waals surface area contributed by atoms with E-state index in [2.05, 4.69) is 9.62 Å². The monoisotopic (exact) mass is 797 g/mol. The minimum absolute atomic E-state index is 0. The second kappa shape index (κ2) is 15.4. The van der Waals surface area contributed by atoms with Crippen LogP contribution in [0.15, 0.2) is 97.1 Å². The van der Waals surface area contributed by atoms with Crippen molar-refractivity contribution >= 4 is 54.2 Å². The van der Waals surface area contributed by atoms with Crippen molar-refractivity contribution in [2.45, 2.75) is 6.42 Å². The first kappa shape index (κ1) is 36.6. The summed E-state index contributed by atoms with van der Waals surface area (Å²) in [7, 11) is -3.02. The molecule has 1 fully saturated rings. The summed E-state index contributed by atoms with van der Waals surface area (Å²) in [4.78, 5) is 41.6. The number of morpholine rings is 1. The molecule has 3 aliphatic rings. The third-order valence-electron chi connectivity index (χ3n) is 9.45. The average Bonchev–Trinajstić information content (AvgIpc) is 3.93. The fourth-order valence-corrected chi connectivity index (χ4v) is 7.36. The smallest absolute Gasteiger partial charge is 0.379 e. The Morgan fingerprint density at radius 2 is 0.927 bits per heavy atom. The van der Waals surface area contributed by atoms with E-state index in [1.807, 2.05) is 97.1 Å². The fourth-order valence-electron chi connectivity index (χ4n) is 6.84. The first-order valence-electron chi connectivity index (χ1n) is 17.7. The Labute approximate surface area is 327 Å². The molecule has 1 N–H and O–H groups in total. The summed E-state index contributed by atoms with van der Waals surface area (Å²) in [6.07, 6.45) is 2.04. The van der Waals surface area contributed by atoms with Gasteiger partial charge in [-0.15, -0.1) is 0 Å². The summed E-state index contributed by atoms with van der Waals surface area (Å²) in [6.45, 7) is 4.96. The maximum absolute atomic E-state index is 10.7. The number of ether oxygens (including phenoxy) is 1. The molecule has 0 saturated carbocycles. The predicted octanol–water partition coefficient (Wildman–Crippen LogP) is 5.38. The third kappa shape index (κ3) is 7.50. The number of rotatable bonds is 5. The van der Waals surface area contributed by atoms with Crippen molar-refractivity contribution in [2.24, 2.45) is 0 Å². The van der Waals surface area contributed by atoms with Crippen LogP contribution in [0.5, 0.6) is 0 Å². The van der Waals surface area contributed by atoms with Gasteiger partial charge in [-0.2, -0.15) is 0 Å². The Morgan fingerprint density at radius 1 is 0.582 bits per heavy atom. The summed E-state index contributed by atoms with van der Waals surface area (Å²) >= 11 is 0. The van der Waals surface area contributed by atoms with E-state index in [9.17, 15) is 8.42 Å². The van der Waals surface area contributed by atoms with Crippen LogP contribution in [0.25, 0.3) is 89.7 Å². The Kier molecular flexibility index (Phi) is 10.2. The molecule has 0 atom stereocenters. The molecular formula is C40H34CuN10O3S. The van der Waals surface area contributed by atoms with Crippen LogP contribution in [0.4, 0.5) is 0 Å². The van der Waals surface area contributed by atoms with Gasteiger partial charge in [-0.1, -0.05) is 97.1 Å². The van der Waals surface area contributed by atoms with Crippen molar-refractivity contribution in [1.29, 1.82) is 0 Å². The molecule has 3 aromatic heterocycles. The van der Waals surface area contributed by atoms with Crippen LogP contribution >= 0.6 is 0 Å². The summed E-state index contributed by atoms with van der Waals surface area (Å²) in [5.74, 6) is 2.21. The Bertz CT molecular complexity index is 2520. The molecule has 0 aliphatic carbocycles. The minimum Gasteiger partial charge on any atom is -0.379 e. The van der Waals surface area contributed by atoms with Gasteiger partial charge in [0.05, 0.1) is 42.8 Å². The number of hydrogen-bond donors (Lipinski definition) is 1. The molecule has 7 aromatic rings. The molecule has 1 radical (unpaired) electrons. The second-order valence-electron chi connectivity index (χ2n) is 13.1. The van der Waals surface area contributed by atoms with E-state index < -0.39 is 10.0 Å².